The summed E-state index contributed by atoms with van der Waals surface area (Å²) in [6.07, 6.45) is -1.52. The van der Waals surface area contributed by atoms with E-state index >= 15 is 0 Å². The Labute approximate surface area is 144 Å². The van der Waals surface area contributed by atoms with Crippen molar-refractivity contribution in [2.24, 2.45) is 0 Å². The van der Waals surface area contributed by atoms with E-state index in [1.54, 1.807) is 6.07 Å². The molecule has 3 rings (SSSR count). The lowest BCUT2D eigenvalue weighted by atomic mass is 9.95. The molecule has 134 valence electrons. The number of carbonyl (C=O) groups excluding carboxylic acids is 1. The van der Waals surface area contributed by atoms with Crippen molar-refractivity contribution in [3.63, 3.8) is 0 Å². The zero-order chi connectivity index (χ0) is 18.0. The first-order chi connectivity index (χ1) is 11.9. The molecule has 1 saturated heterocycles. The third-order valence-corrected chi connectivity index (χ3v) is 4.56. The van der Waals surface area contributed by atoms with Crippen LogP contribution in [0.3, 0.4) is 0 Å². The molecule has 2 aromatic rings. The van der Waals surface area contributed by atoms with E-state index in [9.17, 15) is 18.0 Å². The molecule has 0 aromatic heterocycles. The van der Waals surface area contributed by atoms with Gasteiger partial charge in [-0.15, -0.1) is 0 Å². The Hall–Kier alpha value is -2.08. The van der Waals surface area contributed by atoms with E-state index in [0.29, 0.717) is 5.39 Å². The molecular formula is C19H21F3N2O. The molecule has 1 fully saturated rings. The van der Waals surface area contributed by atoms with Crippen LogP contribution in [-0.2, 0) is 11.2 Å². The number of amides is 1. The maximum absolute atomic E-state index is 13.8. The predicted octanol–water partition coefficient (Wildman–Crippen LogP) is 4.52. The maximum atomic E-state index is 13.8. The number of benzene rings is 2. The Kier molecular flexibility index (Phi) is 4.99. The second kappa shape index (κ2) is 7.04. The molecule has 1 aliphatic rings. The first kappa shape index (κ1) is 17.7. The number of unbranched alkanes of at least 4 members (excludes halogenated alkanes) is 1. The molecule has 1 heterocycles. The van der Waals surface area contributed by atoms with Crippen LogP contribution in [0.5, 0.6) is 0 Å². The summed E-state index contributed by atoms with van der Waals surface area (Å²) in [6, 6.07) is 8.83. The Morgan fingerprint density at radius 1 is 1.24 bits per heavy atom. The normalized spacial score (nSPS) is 17.0. The number of hydrogen-bond acceptors (Lipinski definition) is 2. The monoisotopic (exact) mass is 350 g/mol. The lowest BCUT2D eigenvalue weighted by Gasteiger charge is -2.30. The fourth-order valence-electron chi connectivity index (χ4n) is 3.33. The average molecular weight is 350 g/mol. The molecule has 0 spiro atoms. The lowest BCUT2D eigenvalue weighted by Crippen LogP contribution is -2.43. The topological polar surface area (TPSA) is 32.3 Å². The van der Waals surface area contributed by atoms with Crippen LogP contribution >= 0.6 is 0 Å². The maximum Gasteiger partial charge on any atom is 0.409 e. The minimum absolute atomic E-state index is 0.0505. The molecule has 1 amide bonds. The molecule has 1 atom stereocenters. The van der Waals surface area contributed by atoms with Crippen LogP contribution in [0.15, 0.2) is 36.4 Å². The number of aryl methyl sites for hydroxylation is 1. The standard InChI is InChI=1S/C19H21F3N2O/c1-2-3-5-13-8-9-14-6-4-7-15(16(14)12-13)18(19(20,21)22)24-11-10-17(25)23-24/h4,6-9,12,18H,2-3,5,10-11H2,1H3,(H,23,25). The second-order valence-corrected chi connectivity index (χ2v) is 6.43. The van der Waals surface area contributed by atoms with E-state index in [1.165, 1.54) is 6.07 Å². The van der Waals surface area contributed by atoms with Crippen LogP contribution in [0.4, 0.5) is 13.2 Å². The number of nitrogens with zero attached hydrogens (tertiary/aromatic N) is 1. The Bertz CT molecular complexity index is 773. The number of fused-ring (bicyclic) bond motifs is 1. The summed E-state index contributed by atoms with van der Waals surface area (Å²) in [6.45, 7) is 2.14. The molecule has 1 aliphatic heterocycles. The summed E-state index contributed by atoms with van der Waals surface area (Å²) in [4.78, 5) is 11.4. The Morgan fingerprint density at radius 2 is 2.04 bits per heavy atom. The number of halogens is 3. The van der Waals surface area contributed by atoms with Crippen molar-refractivity contribution < 1.29 is 18.0 Å². The summed E-state index contributed by atoms with van der Waals surface area (Å²) < 4.78 is 41.5. The quantitative estimate of drug-likeness (QED) is 0.860. The highest BCUT2D eigenvalue weighted by molar-refractivity contribution is 5.87. The van der Waals surface area contributed by atoms with Gasteiger partial charge in [-0.3, -0.25) is 10.2 Å². The van der Waals surface area contributed by atoms with Gasteiger partial charge in [-0.25, -0.2) is 5.01 Å². The number of hydrazine groups is 1. The summed E-state index contributed by atoms with van der Waals surface area (Å²) in [7, 11) is 0. The number of rotatable bonds is 5. The highest BCUT2D eigenvalue weighted by Gasteiger charge is 2.47. The number of hydrogen-bond donors (Lipinski definition) is 1. The van der Waals surface area contributed by atoms with E-state index < -0.39 is 12.2 Å². The molecule has 6 heteroatoms. The van der Waals surface area contributed by atoms with E-state index in [-0.39, 0.29) is 24.4 Å². The Balaban J connectivity index is 2.08. The van der Waals surface area contributed by atoms with Crippen LogP contribution in [0, 0.1) is 0 Å². The molecule has 1 unspecified atom stereocenters. The highest BCUT2D eigenvalue weighted by Crippen LogP contribution is 2.40. The van der Waals surface area contributed by atoms with Crippen LogP contribution in [0.25, 0.3) is 10.8 Å². The van der Waals surface area contributed by atoms with Gasteiger partial charge in [0.1, 0.15) is 0 Å². The number of carbonyl (C=O) groups is 1. The van der Waals surface area contributed by atoms with Gasteiger partial charge < -0.3 is 0 Å². The van der Waals surface area contributed by atoms with E-state index in [4.69, 9.17) is 0 Å². The molecule has 0 bridgehead atoms. The zero-order valence-corrected chi connectivity index (χ0v) is 14.1. The van der Waals surface area contributed by atoms with Gasteiger partial charge in [-0.05, 0) is 34.7 Å². The van der Waals surface area contributed by atoms with Gasteiger partial charge in [0.05, 0.1) is 0 Å². The van der Waals surface area contributed by atoms with Crippen molar-refractivity contribution >= 4 is 16.7 Å². The average Bonchev–Trinajstić information content (AvgIpc) is 2.98. The summed E-state index contributed by atoms with van der Waals surface area (Å²) in [5.41, 5.74) is 3.57. The van der Waals surface area contributed by atoms with Gasteiger partial charge >= 0.3 is 6.18 Å². The summed E-state index contributed by atoms with van der Waals surface area (Å²) in [5, 5.41) is 2.38. The van der Waals surface area contributed by atoms with Crippen molar-refractivity contribution in [1.29, 1.82) is 0 Å². The third kappa shape index (κ3) is 3.79. The van der Waals surface area contributed by atoms with E-state index in [0.717, 1.165) is 35.2 Å². The summed E-state index contributed by atoms with van der Waals surface area (Å²) in [5.74, 6) is -0.377. The molecule has 0 aliphatic carbocycles. The lowest BCUT2D eigenvalue weighted by molar-refractivity contribution is -0.190. The smallest absolute Gasteiger partial charge is 0.288 e. The van der Waals surface area contributed by atoms with Crippen molar-refractivity contribution in [3.05, 3.63) is 47.5 Å². The van der Waals surface area contributed by atoms with Crippen LogP contribution in [-0.4, -0.2) is 23.6 Å². The fraction of sp³-hybridized carbons (Fsp3) is 0.421. The number of nitrogens with one attached hydrogen (secondary N) is 1. The SMILES string of the molecule is CCCCc1ccc2cccc(C(N3CCC(=O)N3)C(F)(F)F)c2c1. The first-order valence-electron chi connectivity index (χ1n) is 8.54. The minimum Gasteiger partial charge on any atom is -0.288 e. The zero-order valence-electron chi connectivity index (χ0n) is 14.1. The number of alkyl halides is 3. The van der Waals surface area contributed by atoms with Gasteiger partial charge in [0.25, 0.3) is 0 Å². The fourth-order valence-corrected chi connectivity index (χ4v) is 3.33. The molecule has 25 heavy (non-hydrogen) atoms. The van der Waals surface area contributed by atoms with Gasteiger partial charge in [0.2, 0.25) is 5.91 Å². The largest absolute Gasteiger partial charge is 0.409 e. The van der Waals surface area contributed by atoms with Crippen molar-refractivity contribution in [1.82, 2.24) is 10.4 Å². The van der Waals surface area contributed by atoms with Gasteiger partial charge in [0, 0.05) is 13.0 Å². The van der Waals surface area contributed by atoms with Gasteiger partial charge in [-0.1, -0.05) is 49.7 Å². The van der Waals surface area contributed by atoms with Gasteiger partial charge in [0.15, 0.2) is 6.04 Å². The molecular weight excluding hydrogens is 329 g/mol. The van der Waals surface area contributed by atoms with Crippen LogP contribution in [0.2, 0.25) is 0 Å². The molecule has 3 nitrogen and oxygen atoms in total. The Morgan fingerprint density at radius 3 is 2.68 bits per heavy atom. The summed E-state index contributed by atoms with van der Waals surface area (Å²) >= 11 is 0. The van der Waals surface area contributed by atoms with Crippen LogP contribution in [0.1, 0.15) is 43.4 Å². The van der Waals surface area contributed by atoms with E-state index in [2.05, 4.69) is 12.3 Å². The van der Waals surface area contributed by atoms with Gasteiger partial charge in [-0.2, -0.15) is 13.2 Å². The van der Waals surface area contributed by atoms with Crippen molar-refractivity contribution in [2.45, 2.75) is 44.8 Å². The minimum atomic E-state index is -4.48. The molecule has 0 saturated carbocycles. The first-order valence-corrected chi connectivity index (χ1v) is 8.54. The molecule has 1 N–H and O–H groups in total. The second-order valence-electron chi connectivity index (χ2n) is 6.43. The molecule has 0 radical (unpaired) electrons. The highest BCUT2D eigenvalue weighted by atomic mass is 19.4. The third-order valence-electron chi connectivity index (χ3n) is 4.56. The van der Waals surface area contributed by atoms with Crippen LogP contribution < -0.4 is 5.43 Å². The molecule has 2 aromatic carbocycles. The van der Waals surface area contributed by atoms with E-state index in [1.807, 2.05) is 24.3 Å². The van der Waals surface area contributed by atoms with Crippen molar-refractivity contribution in [3.8, 4) is 0 Å². The predicted molar refractivity (Wildman–Crippen MR) is 90.8 cm³/mol. The van der Waals surface area contributed by atoms with Crippen molar-refractivity contribution in [2.75, 3.05) is 6.54 Å².